The highest BCUT2D eigenvalue weighted by Crippen LogP contribution is 2.31. The standard InChI is InChI=1S/C18H11ClN2O5/c1-25-15-7-9(19)6-13-12(15)8-14(20-13)18(24)26-21-16(22)10-4-2-3-5-11(10)17(21)23/h2-8,20H,1H3. The maximum atomic E-state index is 12.4. The van der Waals surface area contributed by atoms with E-state index in [2.05, 4.69) is 4.98 Å². The van der Waals surface area contributed by atoms with Gasteiger partial charge in [-0.25, -0.2) is 4.79 Å². The van der Waals surface area contributed by atoms with Crippen molar-refractivity contribution in [2.75, 3.05) is 7.11 Å². The molecule has 0 bridgehead atoms. The van der Waals surface area contributed by atoms with Crippen molar-refractivity contribution in [2.45, 2.75) is 0 Å². The minimum Gasteiger partial charge on any atom is -0.496 e. The fraction of sp³-hybridized carbons (Fsp3) is 0.0556. The first-order chi connectivity index (χ1) is 12.5. The Bertz CT molecular complexity index is 1050. The molecule has 0 fully saturated rings. The van der Waals surface area contributed by atoms with E-state index < -0.39 is 17.8 Å². The molecule has 130 valence electrons. The Balaban J connectivity index is 1.65. The molecule has 26 heavy (non-hydrogen) atoms. The largest absolute Gasteiger partial charge is 0.496 e. The zero-order chi connectivity index (χ0) is 18.4. The summed E-state index contributed by atoms with van der Waals surface area (Å²) in [6.07, 6.45) is 0. The number of H-pyrrole nitrogens is 1. The summed E-state index contributed by atoms with van der Waals surface area (Å²) >= 11 is 6.00. The maximum absolute atomic E-state index is 12.4. The van der Waals surface area contributed by atoms with Crippen LogP contribution in [0, 0.1) is 0 Å². The van der Waals surface area contributed by atoms with Crippen molar-refractivity contribution in [3.05, 3.63) is 64.3 Å². The number of carbonyl (C=O) groups is 3. The van der Waals surface area contributed by atoms with Crippen molar-refractivity contribution in [3.63, 3.8) is 0 Å². The van der Waals surface area contributed by atoms with Crippen LogP contribution in [0.4, 0.5) is 0 Å². The lowest BCUT2D eigenvalue weighted by Crippen LogP contribution is -2.32. The number of benzene rings is 2. The maximum Gasteiger partial charge on any atom is 0.380 e. The summed E-state index contributed by atoms with van der Waals surface area (Å²) in [7, 11) is 1.48. The summed E-state index contributed by atoms with van der Waals surface area (Å²) in [5.41, 5.74) is 0.992. The second kappa shape index (κ2) is 5.89. The van der Waals surface area contributed by atoms with Crippen LogP contribution in [0.1, 0.15) is 31.2 Å². The SMILES string of the molecule is COc1cc(Cl)cc2[nH]c(C(=O)ON3C(=O)c4ccccc4C3=O)cc12. The third-order valence-corrected chi connectivity index (χ3v) is 4.25. The zero-order valence-corrected chi connectivity index (χ0v) is 14.2. The van der Waals surface area contributed by atoms with Gasteiger partial charge in [0.1, 0.15) is 11.4 Å². The molecular weight excluding hydrogens is 360 g/mol. The van der Waals surface area contributed by atoms with Crippen LogP contribution < -0.4 is 4.74 Å². The van der Waals surface area contributed by atoms with E-state index in [0.29, 0.717) is 26.7 Å². The number of fused-ring (bicyclic) bond motifs is 2. The van der Waals surface area contributed by atoms with Crippen LogP contribution in [-0.2, 0) is 4.84 Å². The number of hydrogen-bond acceptors (Lipinski definition) is 5. The lowest BCUT2D eigenvalue weighted by atomic mass is 10.1. The molecular formula is C18H11ClN2O5. The molecule has 0 radical (unpaired) electrons. The van der Waals surface area contributed by atoms with Crippen molar-refractivity contribution < 1.29 is 24.0 Å². The van der Waals surface area contributed by atoms with Crippen molar-refractivity contribution in [2.24, 2.45) is 0 Å². The molecule has 2 heterocycles. The van der Waals surface area contributed by atoms with Crippen LogP contribution in [0.3, 0.4) is 0 Å². The van der Waals surface area contributed by atoms with E-state index in [-0.39, 0.29) is 16.8 Å². The van der Waals surface area contributed by atoms with Crippen LogP contribution >= 0.6 is 11.6 Å². The molecule has 1 N–H and O–H groups in total. The normalized spacial score (nSPS) is 13.2. The Morgan fingerprint density at radius 2 is 1.73 bits per heavy atom. The topological polar surface area (TPSA) is 88.7 Å². The molecule has 0 unspecified atom stereocenters. The van der Waals surface area contributed by atoms with Crippen molar-refractivity contribution in [1.82, 2.24) is 10.0 Å². The van der Waals surface area contributed by atoms with Gasteiger partial charge in [-0.1, -0.05) is 28.8 Å². The van der Waals surface area contributed by atoms with E-state index in [0.717, 1.165) is 0 Å². The number of hydroxylamine groups is 2. The van der Waals surface area contributed by atoms with Crippen molar-refractivity contribution >= 4 is 40.3 Å². The van der Waals surface area contributed by atoms with Crippen molar-refractivity contribution in [3.8, 4) is 5.75 Å². The minimum absolute atomic E-state index is 0.0529. The molecule has 0 saturated carbocycles. The fourth-order valence-electron chi connectivity index (χ4n) is 2.83. The number of rotatable bonds is 3. The van der Waals surface area contributed by atoms with Gasteiger partial charge in [0.05, 0.1) is 23.8 Å². The summed E-state index contributed by atoms with van der Waals surface area (Å²) in [6, 6.07) is 11.0. The van der Waals surface area contributed by atoms with Crippen LogP contribution in [0.25, 0.3) is 10.9 Å². The van der Waals surface area contributed by atoms with Gasteiger partial charge >= 0.3 is 5.97 Å². The summed E-state index contributed by atoms with van der Waals surface area (Å²) < 4.78 is 5.24. The highest BCUT2D eigenvalue weighted by molar-refractivity contribution is 6.31. The van der Waals surface area contributed by atoms with E-state index in [9.17, 15) is 14.4 Å². The molecule has 1 aliphatic heterocycles. The number of ether oxygens (including phenoxy) is 1. The van der Waals surface area contributed by atoms with Gasteiger partial charge in [0.15, 0.2) is 0 Å². The molecule has 2 aromatic carbocycles. The number of nitrogens with one attached hydrogen (secondary N) is 1. The zero-order valence-electron chi connectivity index (χ0n) is 13.4. The number of amides is 2. The van der Waals surface area contributed by atoms with Crippen LogP contribution in [0.15, 0.2) is 42.5 Å². The molecule has 3 aromatic rings. The van der Waals surface area contributed by atoms with Gasteiger partial charge < -0.3 is 14.6 Å². The second-order valence-corrected chi connectivity index (χ2v) is 6.02. The Labute approximate surface area is 152 Å². The highest BCUT2D eigenvalue weighted by Gasteiger charge is 2.39. The van der Waals surface area contributed by atoms with E-state index >= 15 is 0 Å². The first-order valence-electron chi connectivity index (χ1n) is 7.56. The first kappa shape index (κ1) is 16.2. The number of imide groups is 1. The van der Waals surface area contributed by atoms with Gasteiger partial charge in [0.2, 0.25) is 0 Å². The molecule has 0 saturated heterocycles. The summed E-state index contributed by atoms with van der Waals surface area (Å²) in [4.78, 5) is 44.8. The monoisotopic (exact) mass is 370 g/mol. The predicted octanol–water partition coefficient (Wildman–Crippen LogP) is 3.20. The molecule has 8 heteroatoms. The smallest absolute Gasteiger partial charge is 0.380 e. The Morgan fingerprint density at radius 3 is 2.35 bits per heavy atom. The summed E-state index contributed by atoms with van der Waals surface area (Å²) in [6.45, 7) is 0. The Hall–Kier alpha value is -3.32. The van der Waals surface area contributed by atoms with Gasteiger partial charge in [-0.05, 0) is 30.3 Å². The lowest BCUT2D eigenvalue weighted by Gasteiger charge is -2.11. The number of hydrogen-bond donors (Lipinski definition) is 1. The van der Waals surface area contributed by atoms with E-state index in [4.69, 9.17) is 21.2 Å². The predicted molar refractivity (Wildman–Crippen MR) is 92.2 cm³/mol. The van der Waals surface area contributed by atoms with Gasteiger partial charge in [0.25, 0.3) is 11.8 Å². The van der Waals surface area contributed by atoms with Gasteiger partial charge in [0, 0.05) is 10.4 Å². The van der Waals surface area contributed by atoms with E-state index in [1.807, 2.05) is 0 Å². The molecule has 1 aliphatic rings. The second-order valence-electron chi connectivity index (χ2n) is 5.58. The number of carbonyl (C=O) groups excluding carboxylic acids is 3. The minimum atomic E-state index is -0.881. The molecule has 7 nitrogen and oxygen atoms in total. The fourth-order valence-corrected chi connectivity index (χ4v) is 3.04. The molecule has 2 amide bonds. The number of methoxy groups -OCH3 is 1. The average Bonchev–Trinajstić information content (AvgIpc) is 3.16. The van der Waals surface area contributed by atoms with Crippen LogP contribution in [0.2, 0.25) is 5.02 Å². The molecule has 0 aliphatic carbocycles. The third-order valence-electron chi connectivity index (χ3n) is 4.04. The number of nitrogens with zero attached hydrogens (tertiary/aromatic N) is 1. The Kier molecular flexibility index (Phi) is 3.66. The quantitative estimate of drug-likeness (QED) is 0.715. The average molecular weight is 371 g/mol. The molecule has 0 spiro atoms. The van der Waals surface area contributed by atoms with Gasteiger partial charge in [-0.2, -0.15) is 0 Å². The van der Waals surface area contributed by atoms with Crippen LogP contribution in [-0.4, -0.2) is 34.9 Å². The van der Waals surface area contributed by atoms with E-state index in [1.54, 1.807) is 24.3 Å². The molecule has 0 atom stereocenters. The molecule has 4 rings (SSSR count). The third kappa shape index (κ3) is 2.41. The highest BCUT2D eigenvalue weighted by atomic mass is 35.5. The lowest BCUT2D eigenvalue weighted by molar-refractivity contribution is -0.0587. The first-order valence-corrected chi connectivity index (χ1v) is 7.94. The summed E-state index contributed by atoms with van der Waals surface area (Å²) in [5.74, 6) is -1.77. The number of aromatic nitrogens is 1. The Morgan fingerprint density at radius 1 is 1.08 bits per heavy atom. The number of aromatic amines is 1. The van der Waals surface area contributed by atoms with Crippen LogP contribution in [0.5, 0.6) is 5.75 Å². The number of halogens is 1. The van der Waals surface area contributed by atoms with E-state index in [1.165, 1.54) is 25.3 Å². The van der Waals surface area contributed by atoms with Gasteiger partial charge in [-0.3, -0.25) is 9.59 Å². The van der Waals surface area contributed by atoms with Gasteiger partial charge in [-0.15, -0.1) is 0 Å². The molecule has 1 aromatic heterocycles. The van der Waals surface area contributed by atoms with Crippen molar-refractivity contribution in [1.29, 1.82) is 0 Å². The summed E-state index contributed by atoms with van der Waals surface area (Å²) in [5, 5.41) is 1.51.